The van der Waals surface area contributed by atoms with E-state index in [1.54, 1.807) is 23.5 Å². The molecule has 1 unspecified atom stereocenters. The number of hydrogen-bond acceptors (Lipinski definition) is 2. The van der Waals surface area contributed by atoms with E-state index in [2.05, 4.69) is 39.6 Å². The first kappa shape index (κ1) is 14.7. The summed E-state index contributed by atoms with van der Waals surface area (Å²) < 4.78 is 14.5. The van der Waals surface area contributed by atoms with Crippen molar-refractivity contribution in [1.29, 1.82) is 0 Å². The molecule has 0 aliphatic heterocycles. The predicted molar refractivity (Wildman–Crippen MR) is 83.4 cm³/mol. The highest BCUT2D eigenvalue weighted by molar-refractivity contribution is 9.10. The van der Waals surface area contributed by atoms with E-state index in [4.69, 9.17) is 0 Å². The number of benzene rings is 1. The van der Waals surface area contributed by atoms with E-state index in [9.17, 15) is 4.39 Å². The molecule has 0 fully saturated rings. The van der Waals surface area contributed by atoms with Gasteiger partial charge < -0.3 is 5.32 Å². The molecule has 0 spiro atoms. The molecular weight excluding hydrogens is 325 g/mol. The van der Waals surface area contributed by atoms with Gasteiger partial charge in [0.1, 0.15) is 5.82 Å². The maximum Gasteiger partial charge on any atom is 0.123 e. The second-order valence-electron chi connectivity index (χ2n) is 4.49. The fourth-order valence-corrected chi connectivity index (χ4v) is 3.62. The van der Waals surface area contributed by atoms with Crippen LogP contribution in [0.1, 0.15) is 23.3 Å². The number of hydrogen-bond donors (Lipinski definition) is 1. The van der Waals surface area contributed by atoms with Crippen LogP contribution in [-0.2, 0) is 6.42 Å². The van der Waals surface area contributed by atoms with Gasteiger partial charge in [-0.3, -0.25) is 0 Å². The van der Waals surface area contributed by atoms with Crippen LogP contribution in [0.25, 0.3) is 0 Å². The maximum absolute atomic E-state index is 13.4. The van der Waals surface area contributed by atoms with Gasteiger partial charge in [0.25, 0.3) is 0 Å². The van der Waals surface area contributed by atoms with Gasteiger partial charge in [-0.1, -0.05) is 19.1 Å². The summed E-state index contributed by atoms with van der Waals surface area (Å²) in [5.41, 5.74) is 1.06. The topological polar surface area (TPSA) is 12.0 Å². The average Bonchev–Trinajstić information content (AvgIpc) is 2.80. The van der Waals surface area contributed by atoms with Gasteiger partial charge in [-0.2, -0.15) is 0 Å². The molecule has 1 N–H and O–H groups in total. The lowest BCUT2D eigenvalue weighted by Crippen LogP contribution is -2.22. The molecule has 0 saturated carbocycles. The van der Waals surface area contributed by atoms with Crippen molar-refractivity contribution in [2.75, 3.05) is 13.1 Å². The van der Waals surface area contributed by atoms with Crippen LogP contribution < -0.4 is 5.32 Å². The Labute approximate surface area is 126 Å². The van der Waals surface area contributed by atoms with Gasteiger partial charge in [-0.25, -0.2) is 4.39 Å². The van der Waals surface area contributed by atoms with Crippen LogP contribution in [0.2, 0.25) is 0 Å². The largest absolute Gasteiger partial charge is 0.316 e. The van der Waals surface area contributed by atoms with Crippen molar-refractivity contribution in [1.82, 2.24) is 5.32 Å². The van der Waals surface area contributed by atoms with Gasteiger partial charge in [0, 0.05) is 27.2 Å². The lowest BCUT2D eigenvalue weighted by atomic mass is 9.95. The van der Waals surface area contributed by atoms with Gasteiger partial charge in [0.2, 0.25) is 0 Å². The minimum Gasteiger partial charge on any atom is -0.316 e. The molecule has 19 heavy (non-hydrogen) atoms. The number of likely N-dealkylation sites (N-methyl/N-ethyl adjacent to an activating group) is 1. The molecule has 102 valence electrons. The van der Waals surface area contributed by atoms with Crippen molar-refractivity contribution in [2.45, 2.75) is 19.3 Å². The highest BCUT2D eigenvalue weighted by atomic mass is 79.9. The zero-order valence-corrected chi connectivity index (χ0v) is 13.2. The Bertz CT molecular complexity index is 526. The molecular formula is C15H17BrFNS. The van der Waals surface area contributed by atoms with Gasteiger partial charge in [0.05, 0.1) is 0 Å². The smallest absolute Gasteiger partial charge is 0.123 e. The first-order chi connectivity index (χ1) is 9.19. The van der Waals surface area contributed by atoms with Crippen molar-refractivity contribution in [3.63, 3.8) is 0 Å². The molecule has 4 heteroatoms. The van der Waals surface area contributed by atoms with Crippen molar-refractivity contribution >= 4 is 27.3 Å². The monoisotopic (exact) mass is 341 g/mol. The molecule has 0 radical (unpaired) electrons. The molecule has 2 aromatic rings. The molecule has 1 aromatic heterocycles. The molecule has 1 heterocycles. The van der Waals surface area contributed by atoms with E-state index in [1.165, 1.54) is 10.9 Å². The van der Waals surface area contributed by atoms with E-state index in [1.807, 2.05) is 6.07 Å². The number of thiophene rings is 1. The lowest BCUT2D eigenvalue weighted by molar-refractivity contribution is 0.585. The van der Waals surface area contributed by atoms with Crippen LogP contribution in [-0.4, -0.2) is 13.1 Å². The van der Waals surface area contributed by atoms with Crippen molar-refractivity contribution < 1.29 is 4.39 Å². The molecule has 0 aliphatic rings. The molecule has 0 aliphatic carbocycles. The van der Waals surface area contributed by atoms with E-state index in [-0.39, 0.29) is 5.82 Å². The summed E-state index contributed by atoms with van der Waals surface area (Å²) in [5.74, 6) is 0.146. The number of nitrogens with one attached hydrogen (secondary N) is 1. The minimum atomic E-state index is -0.161. The summed E-state index contributed by atoms with van der Waals surface area (Å²) in [5, 5.41) is 5.45. The van der Waals surface area contributed by atoms with Gasteiger partial charge in [0.15, 0.2) is 0 Å². The van der Waals surface area contributed by atoms with Crippen LogP contribution >= 0.6 is 27.3 Å². The highest BCUT2D eigenvalue weighted by Crippen LogP contribution is 2.27. The second-order valence-corrected chi connectivity index (χ2v) is 6.41. The lowest BCUT2D eigenvalue weighted by Gasteiger charge is -2.17. The zero-order valence-electron chi connectivity index (χ0n) is 10.8. The third-order valence-corrected chi connectivity index (χ3v) is 4.75. The standard InChI is InChI=1S/C15H17BrFNS/c1-2-18-9-12(7-15-8-13(16)10-19-15)11-4-3-5-14(17)6-11/h3-6,8,10,12,18H,2,7,9H2,1H3. The van der Waals surface area contributed by atoms with Crippen molar-refractivity contribution in [3.05, 3.63) is 56.4 Å². The van der Waals surface area contributed by atoms with E-state index in [0.29, 0.717) is 5.92 Å². The average molecular weight is 342 g/mol. The van der Waals surface area contributed by atoms with Gasteiger partial charge >= 0.3 is 0 Å². The summed E-state index contributed by atoms with van der Waals surface area (Å²) in [6, 6.07) is 9.07. The molecule has 0 amide bonds. The molecule has 0 saturated heterocycles. The fourth-order valence-electron chi connectivity index (χ4n) is 2.09. The maximum atomic E-state index is 13.4. The summed E-state index contributed by atoms with van der Waals surface area (Å²) in [4.78, 5) is 1.32. The van der Waals surface area contributed by atoms with Crippen LogP contribution in [0, 0.1) is 5.82 Å². The Hall–Kier alpha value is -0.710. The summed E-state index contributed by atoms with van der Waals surface area (Å²) >= 11 is 5.22. The second kappa shape index (κ2) is 7.17. The van der Waals surface area contributed by atoms with Gasteiger partial charge in [-0.05, 0) is 52.7 Å². The first-order valence-corrected chi connectivity index (χ1v) is 8.05. The molecule has 1 aromatic carbocycles. The summed E-state index contributed by atoms with van der Waals surface area (Å²) in [6.07, 6.45) is 0.937. The Kier molecular flexibility index (Phi) is 5.55. The Morgan fingerprint density at radius 2 is 2.21 bits per heavy atom. The van der Waals surface area contributed by atoms with Crippen LogP contribution in [0.15, 0.2) is 40.2 Å². The van der Waals surface area contributed by atoms with Crippen LogP contribution in [0.3, 0.4) is 0 Å². The van der Waals surface area contributed by atoms with Crippen LogP contribution in [0.5, 0.6) is 0 Å². The summed E-state index contributed by atoms with van der Waals surface area (Å²) in [6.45, 7) is 3.89. The Balaban J connectivity index is 2.15. The zero-order chi connectivity index (χ0) is 13.7. The summed E-state index contributed by atoms with van der Waals surface area (Å²) in [7, 11) is 0. The number of halogens is 2. The van der Waals surface area contributed by atoms with E-state index < -0.39 is 0 Å². The number of rotatable bonds is 6. The fraction of sp³-hybridized carbons (Fsp3) is 0.333. The first-order valence-electron chi connectivity index (χ1n) is 6.38. The van der Waals surface area contributed by atoms with Crippen LogP contribution in [0.4, 0.5) is 4.39 Å². The van der Waals surface area contributed by atoms with E-state index >= 15 is 0 Å². The predicted octanol–water partition coefficient (Wildman–Crippen LogP) is 4.59. The van der Waals surface area contributed by atoms with E-state index in [0.717, 1.165) is 29.5 Å². The SMILES string of the molecule is CCNCC(Cc1cc(Br)cs1)c1cccc(F)c1. The van der Waals surface area contributed by atoms with Gasteiger partial charge in [-0.15, -0.1) is 11.3 Å². The Morgan fingerprint density at radius 1 is 1.37 bits per heavy atom. The highest BCUT2D eigenvalue weighted by Gasteiger charge is 2.14. The minimum absolute atomic E-state index is 0.161. The normalized spacial score (nSPS) is 12.6. The molecule has 0 bridgehead atoms. The molecule has 2 rings (SSSR count). The molecule has 1 atom stereocenters. The Morgan fingerprint density at radius 3 is 2.84 bits per heavy atom. The van der Waals surface area contributed by atoms with Crippen molar-refractivity contribution in [2.24, 2.45) is 0 Å². The third kappa shape index (κ3) is 4.41. The quantitative estimate of drug-likeness (QED) is 0.810. The molecule has 1 nitrogen and oxygen atoms in total. The van der Waals surface area contributed by atoms with Crippen molar-refractivity contribution in [3.8, 4) is 0 Å². The third-order valence-electron chi connectivity index (χ3n) is 3.03.